The van der Waals surface area contributed by atoms with Crippen molar-refractivity contribution in [3.8, 4) is 28.2 Å². The number of phenols is 1. The Morgan fingerprint density at radius 1 is 0.694 bits per heavy atom. The van der Waals surface area contributed by atoms with E-state index in [1.807, 2.05) is 0 Å². The predicted molar refractivity (Wildman–Crippen MR) is 403 cm³/mol. The van der Waals surface area contributed by atoms with Crippen molar-refractivity contribution in [1.82, 2.24) is 63.4 Å². The van der Waals surface area contributed by atoms with Crippen molar-refractivity contribution in [1.29, 1.82) is 0 Å². The van der Waals surface area contributed by atoms with Gasteiger partial charge in [0.25, 0.3) is 0 Å². The molecule has 21 N–H and O–H groups in total. The zero-order valence-electron chi connectivity index (χ0n) is 60.8. The van der Waals surface area contributed by atoms with Crippen LogP contribution in [0.15, 0.2) is 68.8 Å². The fourth-order valence-electron chi connectivity index (χ4n) is 11.7. The van der Waals surface area contributed by atoms with Crippen LogP contribution in [0.5, 0.6) is 5.75 Å². The number of phenolic OH excluding ortho intramolecular Hbond substituents is 1. The maximum absolute atomic E-state index is 15.4. The van der Waals surface area contributed by atoms with Gasteiger partial charge in [-0.15, -0.1) is 0 Å². The van der Waals surface area contributed by atoms with Crippen molar-refractivity contribution in [2.45, 2.75) is 160 Å². The van der Waals surface area contributed by atoms with Crippen LogP contribution in [0.1, 0.15) is 105 Å². The summed E-state index contributed by atoms with van der Waals surface area (Å²) in [5.74, 6) is -15.8. The molecule has 0 aromatic heterocycles. The molecule has 3 heterocycles. The molecule has 10 atom stereocenters. The van der Waals surface area contributed by atoms with E-state index in [9.17, 15) is 87.9 Å². The third-order valence-corrected chi connectivity index (χ3v) is 20.8. The lowest BCUT2D eigenvalue weighted by atomic mass is 9.90. The van der Waals surface area contributed by atoms with Crippen molar-refractivity contribution in [3.63, 3.8) is 0 Å². The lowest BCUT2D eigenvalue weighted by Crippen LogP contribution is -2.62. The molecule has 2 aromatic carbocycles. The van der Waals surface area contributed by atoms with E-state index in [4.69, 9.17) is 28.1 Å². The number of carbonyl (C=O) groups excluding carboxylic acids is 11. The van der Waals surface area contributed by atoms with Crippen molar-refractivity contribution in [3.05, 3.63) is 70.4 Å². The van der Waals surface area contributed by atoms with E-state index < -0.39 is 191 Å². The van der Waals surface area contributed by atoms with Crippen LogP contribution < -0.4 is 80.7 Å². The molecular formula is C69H94N16O20S3. The van der Waals surface area contributed by atoms with Gasteiger partial charge < -0.3 is 110 Å². The normalized spacial score (nSPS) is 23.1. The summed E-state index contributed by atoms with van der Waals surface area (Å²) < 4.78 is 4.56. The standard InChI is InChI=1S/C69H94N16O20S3/c1-31(2)22-43-58(94)81-54(33(5)6)63(99)83-55(34(7)87)61(97)75-28-51(92)78-45(66(103)104)30-107-108-69(8,9)56(84-68(106)76-35-14-17-38(41(23-35)65(101)102)52-39-18-15-36(88)24-47(39)105-48-25-37(89)16-19-40(48)52)64(100)85-21-11-13-46(85)60(96)79-42(12-10-20-72-67(70)71)57(93)74-26-49(90)73-27-50(91)77-44(29-86)59(95)82-53(32(3)4)62(98)80-43/h14-19,23-25,31-34,42-46,53-56,86-88H,10-13,20-22,26-30H2,1-9H3,(H,73,90)(H,74,93)(H,75,97)(H,77,91)(H,78,92)(H,79,96)(H,80,98)(H,81,94)(H,82,95)(H,83,99)(H,101,102)(H,103,104)(H4,70,71,72)(H2,76,84,106)/t34-,42+,43+,44+,45+,46+,53+,54+,55+,56-/m1/s1. The predicted octanol–water partition coefficient (Wildman–Crippen LogP) is -1.60. The lowest BCUT2D eigenvalue weighted by molar-refractivity contribution is -0.141. The second kappa shape index (κ2) is 39.5. The SMILES string of the molecule is CC(C)C[C@@H]1NC(=O)[C@H](C(C)C)NC(=O)[C@H](CO)NC(=O)CNC(=O)CNC(=O)[C@H](CCCN=C(N)N)NC(=O)[C@@H]2CCCN2C(=O)[C@@H](NC(=S)Nc2ccc(-c3c4ccc(=O)cc-4oc4cc(O)ccc34)c(C(=O)O)c2)C(C)(C)SSC[C@@H](C(=O)O)NC(=O)CNC(=O)[C@H]([C@@H](C)O)NC(=O)[C@H](C(C)C)NC1=O. The van der Waals surface area contributed by atoms with Crippen molar-refractivity contribution in [2.24, 2.45) is 34.2 Å². The average Bonchev–Trinajstić information content (AvgIpc) is 0.835. The molecule has 0 unspecified atom stereocenters. The minimum absolute atomic E-state index is 0.0107. The first-order chi connectivity index (χ1) is 50.8. The summed E-state index contributed by atoms with van der Waals surface area (Å²) in [5, 5.41) is 82.9. The largest absolute Gasteiger partial charge is 0.508 e. The number of nitrogens with zero attached hydrogens (tertiary/aromatic N) is 2. The van der Waals surface area contributed by atoms with Crippen molar-refractivity contribution in [2.75, 3.05) is 50.4 Å². The van der Waals surface area contributed by atoms with Gasteiger partial charge >= 0.3 is 11.9 Å². The summed E-state index contributed by atoms with van der Waals surface area (Å²) in [7, 11) is 1.82. The molecule has 108 heavy (non-hydrogen) atoms. The number of hydrogen-bond acceptors (Lipinski definition) is 22. The lowest BCUT2D eigenvalue weighted by Gasteiger charge is -2.37. The van der Waals surface area contributed by atoms with Crippen molar-refractivity contribution >= 4 is 138 Å². The number of aromatic hydroxyl groups is 1. The fourth-order valence-corrected chi connectivity index (χ4v) is 14.7. The Bertz CT molecular complexity index is 4090. The molecule has 588 valence electrons. The summed E-state index contributed by atoms with van der Waals surface area (Å²) >= 11 is 5.85. The van der Waals surface area contributed by atoms with Gasteiger partial charge in [0.15, 0.2) is 16.5 Å². The Morgan fingerprint density at radius 3 is 1.92 bits per heavy atom. The molecule has 3 aliphatic heterocycles. The number of fused-ring (bicyclic) bond motifs is 3. The quantitative estimate of drug-likeness (QED) is 0.0159. The molecular weight excluding hydrogens is 1470 g/mol. The minimum atomic E-state index is -1.77. The number of nitrogens with two attached hydrogens (primary N) is 2. The second-order valence-corrected chi connectivity index (χ2v) is 30.8. The van der Waals surface area contributed by atoms with E-state index in [2.05, 4.69) is 68.8 Å². The first-order valence-electron chi connectivity index (χ1n) is 34.6. The number of thiocarbonyl (C=S) groups is 1. The Morgan fingerprint density at radius 2 is 1.30 bits per heavy atom. The van der Waals surface area contributed by atoms with Gasteiger partial charge in [-0.1, -0.05) is 69.2 Å². The number of benzene rings is 3. The van der Waals surface area contributed by atoms with Crippen LogP contribution in [0.25, 0.3) is 33.4 Å². The maximum atomic E-state index is 15.4. The maximum Gasteiger partial charge on any atom is 0.336 e. The molecule has 0 spiro atoms. The third-order valence-electron chi connectivity index (χ3n) is 17.3. The van der Waals surface area contributed by atoms with Gasteiger partial charge in [-0.3, -0.25) is 62.5 Å². The zero-order valence-corrected chi connectivity index (χ0v) is 63.3. The number of amides is 11. The Hall–Kier alpha value is -10.4. The molecule has 2 fully saturated rings. The van der Waals surface area contributed by atoms with Crippen LogP contribution in [-0.2, 0) is 57.5 Å². The molecule has 0 saturated carbocycles. The molecule has 1 aliphatic carbocycles. The molecule has 6 rings (SSSR count). The van der Waals surface area contributed by atoms with Crippen LogP contribution in [-0.4, -0.2) is 229 Å². The minimum Gasteiger partial charge on any atom is -0.508 e. The number of guanidine groups is 1. The number of aliphatic imine (C=N–C) groups is 1. The number of anilines is 1. The van der Waals surface area contributed by atoms with Gasteiger partial charge in [-0.05, 0) is 125 Å². The van der Waals surface area contributed by atoms with Gasteiger partial charge in [0.05, 0.1) is 37.9 Å². The Kier molecular flexibility index (Phi) is 31.6. The number of aromatic carboxylic acids is 1. The first kappa shape index (κ1) is 86.5. The number of carboxylic acid groups (broad SMARTS) is 2. The van der Waals surface area contributed by atoms with E-state index >= 15 is 4.79 Å². The van der Waals surface area contributed by atoms with Gasteiger partial charge in [0.1, 0.15) is 71.5 Å². The number of aliphatic hydroxyl groups excluding tert-OH is 2. The number of rotatable bonds is 15. The first-order valence-corrected chi connectivity index (χ1v) is 37.3. The number of nitrogens with one attached hydrogen (secondary N) is 12. The highest BCUT2D eigenvalue weighted by atomic mass is 33.1. The second-order valence-electron chi connectivity index (χ2n) is 27.4. The summed E-state index contributed by atoms with van der Waals surface area (Å²) in [6, 6.07) is -1.15. The number of hydrogen-bond donors (Lipinski definition) is 19. The van der Waals surface area contributed by atoms with Crippen LogP contribution in [0.3, 0.4) is 0 Å². The van der Waals surface area contributed by atoms with Gasteiger partial charge in [0, 0.05) is 57.9 Å². The summed E-state index contributed by atoms with van der Waals surface area (Å²) in [5.41, 5.74) is 11.5. The summed E-state index contributed by atoms with van der Waals surface area (Å²) in [4.78, 5) is 197. The number of aliphatic carboxylic acids is 1. The average molecular weight is 1560 g/mol. The van der Waals surface area contributed by atoms with Crippen LogP contribution in [0.2, 0.25) is 0 Å². The molecule has 36 nitrogen and oxygen atoms in total. The molecule has 4 aliphatic rings. The molecule has 0 radical (unpaired) electrons. The Balaban J connectivity index is 1.33. The van der Waals surface area contributed by atoms with E-state index in [0.717, 1.165) is 28.5 Å². The fraction of sp³-hybridized carbons (Fsp3) is 0.507. The van der Waals surface area contributed by atoms with Crippen molar-refractivity contribution < 1.29 is 92.3 Å². The number of carbonyl (C=O) groups is 13. The van der Waals surface area contributed by atoms with Crippen LogP contribution in [0, 0.1) is 17.8 Å². The highest BCUT2D eigenvalue weighted by molar-refractivity contribution is 8.77. The van der Waals surface area contributed by atoms with Crippen LogP contribution >= 0.6 is 33.8 Å². The van der Waals surface area contributed by atoms with Gasteiger partial charge in [-0.2, -0.15) is 0 Å². The van der Waals surface area contributed by atoms with E-state index in [1.54, 1.807) is 55.4 Å². The number of aliphatic hydroxyl groups is 2. The summed E-state index contributed by atoms with van der Waals surface area (Å²) in [6.07, 6.45) is -1.41. The Labute approximate surface area is 633 Å². The van der Waals surface area contributed by atoms with E-state index in [1.165, 1.54) is 59.5 Å². The van der Waals surface area contributed by atoms with Crippen LogP contribution in [0.4, 0.5) is 5.69 Å². The highest BCUT2D eigenvalue weighted by Gasteiger charge is 2.45. The number of carboxylic acids is 2. The molecule has 0 bridgehead atoms. The molecule has 11 amide bonds. The molecule has 39 heteroatoms. The summed E-state index contributed by atoms with van der Waals surface area (Å²) in [6.45, 7) is 10.5. The highest BCUT2D eigenvalue weighted by Crippen LogP contribution is 2.43. The zero-order chi connectivity index (χ0) is 80.2. The molecule has 2 aromatic rings. The van der Waals surface area contributed by atoms with Gasteiger partial charge in [-0.25, -0.2) is 9.59 Å². The smallest absolute Gasteiger partial charge is 0.336 e. The topological polar surface area (TPSA) is 565 Å². The van der Waals surface area contributed by atoms with E-state index in [-0.39, 0.29) is 96.1 Å². The third kappa shape index (κ3) is 24.3. The van der Waals surface area contributed by atoms with E-state index in [0.29, 0.717) is 16.5 Å². The monoisotopic (exact) mass is 1560 g/mol. The van der Waals surface area contributed by atoms with Gasteiger partial charge in [0.2, 0.25) is 65.0 Å². The molecule has 2 saturated heterocycles.